The second-order valence-corrected chi connectivity index (χ2v) is 5.19. The van der Waals surface area contributed by atoms with Gasteiger partial charge in [0.25, 0.3) is 0 Å². The third-order valence-corrected chi connectivity index (χ3v) is 2.96. The number of unbranched alkanes of at least 4 members (excludes halogenated alkanes) is 7. The van der Waals surface area contributed by atoms with Gasteiger partial charge in [-0.15, -0.1) is 0 Å². The van der Waals surface area contributed by atoms with Crippen molar-refractivity contribution in [1.82, 2.24) is 16.2 Å². The molecule has 106 valence electrons. The van der Waals surface area contributed by atoms with Gasteiger partial charge in [0.1, 0.15) is 0 Å². The predicted molar refractivity (Wildman–Crippen MR) is 86.3 cm³/mol. The first-order valence-corrected chi connectivity index (χ1v) is 7.57. The van der Waals surface area contributed by atoms with Crippen LogP contribution in [-0.2, 0) is 0 Å². The van der Waals surface area contributed by atoms with Gasteiger partial charge in [0.15, 0.2) is 10.2 Å². The lowest BCUT2D eigenvalue weighted by Crippen LogP contribution is -2.48. The van der Waals surface area contributed by atoms with E-state index < -0.39 is 0 Å². The van der Waals surface area contributed by atoms with E-state index in [1.165, 1.54) is 44.9 Å². The van der Waals surface area contributed by atoms with Crippen LogP contribution in [0.2, 0.25) is 0 Å². The first-order valence-electron chi connectivity index (χ1n) is 6.76. The van der Waals surface area contributed by atoms with E-state index in [0.29, 0.717) is 5.11 Å². The monoisotopic (exact) mass is 290 g/mol. The minimum absolute atomic E-state index is 0.186. The van der Waals surface area contributed by atoms with Crippen molar-refractivity contribution in [3.8, 4) is 0 Å². The van der Waals surface area contributed by atoms with Crippen LogP contribution in [0.15, 0.2) is 0 Å². The van der Waals surface area contributed by atoms with E-state index in [0.717, 1.165) is 13.0 Å². The van der Waals surface area contributed by atoms with Crippen LogP contribution >= 0.6 is 24.4 Å². The summed E-state index contributed by atoms with van der Waals surface area (Å²) in [5, 5.41) is 3.81. The quantitative estimate of drug-likeness (QED) is 0.297. The van der Waals surface area contributed by atoms with E-state index in [4.69, 9.17) is 18.0 Å². The molecule has 18 heavy (non-hydrogen) atoms. The van der Waals surface area contributed by atoms with Crippen molar-refractivity contribution in [1.29, 1.82) is 0 Å². The van der Waals surface area contributed by atoms with Crippen molar-refractivity contribution < 1.29 is 0 Å². The maximum absolute atomic E-state index is 5.26. The lowest BCUT2D eigenvalue weighted by atomic mass is 10.1. The highest BCUT2D eigenvalue weighted by molar-refractivity contribution is 7.80. The molecule has 0 amide bonds. The van der Waals surface area contributed by atoms with Crippen LogP contribution < -0.4 is 21.9 Å². The first-order chi connectivity index (χ1) is 8.66. The van der Waals surface area contributed by atoms with E-state index in [2.05, 4.69) is 35.3 Å². The van der Waals surface area contributed by atoms with Gasteiger partial charge in [0.05, 0.1) is 0 Å². The summed E-state index contributed by atoms with van der Waals surface area (Å²) in [5.74, 6) is 0. The maximum atomic E-state index is 5.26. The molecule has 0 aliphatic carbocycles. The minimum atomic E-state index is 0.186. The third kappa shape index (κ3) is 13.4. The smallest absolute Gasteiger partial charge is 0.185 e. The number of hydrogen-bond acceptors (Lipinski definition) is 2. The summed E-state index contributed by atoms with van der Waals surface area (Å²) in [4.78, 5) is 0. The molecular formula is C12H26N4S2. The highest BCUT2D eigenvalue weighted by Gasteiger charge is 1.95. The molecular weight excluding hydrogens is 264 g/mol. The van der Waals surface area contributed by atoms with Crippen molar-refractivity contribution in [3.63, 3.8) is 0 Å². The second kappa shape index (κ2) is 12.8. The molecule has 0 saturated carbocycles. The Kier molecular flexibility index (Phi) is 12.4. The summed E-state index contributed by atoms with van der Waals surface area (Å²) < 4.78 is 0. The topological polar surface area (TPSA) is 62.1 Å². The Morgan fingerprint density at radius 3 is 2.00 bits per heavy atom. The Morgan fingerprint density at radius 1 is 0.889 bits per heavy atom. The van der Waals surface area contributed by atoms with Crippen LogP contribution in [0.25, 0.3) is 0 Å². The summed E-state index contributed by atoms with van der Waals surface area (Å²) >= 11 is 9.67. The second-order valence-electron chi connectivity index (χ2n) is 4.35. The lowest BCUT2D eigenvalue weighted by molar-refractivity contribution is 0.572. The van der Waals surface area contributed by atoms with Crippen LogP contribution in [0.5, 0.6) is 0 Å². The zero-order chi connectivity index (χ0) is 13.6. The van der Waals surface area contributed by atoms with E-state index in [9.17, 15) is 0 Å². The summed E-state index contributed by atoms with van der Waals surface area (Å²) in [7, 11) is 0. The number of nitrogens with two attached hydrogens (primary N) is 1. The van der Waals surface area contributed by atoms with Gasteiger partial charge in [-0.05, 0) is 30.9 Å². The van der Waals surface area contributed by atoms with E-state index >= 15 is 0 Å². The van der Waals surface area contributed by atoms with E-state index in [1.807, 2.05) is 0 Å². The molecule has 0 radical (unpaired) electrons. The van der Waals surface area contributed by atoms with E-state index in [-0.39, 0.29) is 5.11 Å². The Labute approximate surface area is 121 Å². The van der Waals surface area contributed by atoms with Crippen molar-refractivity contribution >= 4 is 34.7 Å². The fourth-order valence-electron chi connectivity index (χ4n) is 1.62. The summed E-state index contributed by atoms with van der Waals surface area (Å²) in [6.07, 6.45) is 10.5. The van der Waals surface area contributed by atoms with Gasteiger partial charge < -0.3 is 11.1 Å². The molecule has 0 aromatic rings. The fourth-order valence-corrected chi connectivity index (χ4v) is 1.83. The van der Waals surface area contributed by atoms with Crippen LogP contribution in [-0.4, -0.2) is 16.8 Å². The van der Waals surface area contributed by atoms with Crippen LogP contribution in [0, 0.1) is 0 Å². The number of hydrazine groups is 1. The van der Waals surface area contributed by atoms with Gasteiger partial charge in [-0.1, -0.05) is 51.9 Å². The molecule has 0 spiro atoms. The molecule has 0 rings (SSSR count). The van der Waals surface area contributed by atoms with Gasteiger partial charge in [0, 0.05) is 6.54 Å². The molecule has 0 aromatic carbocycles. The zero-order valence-corrected chi connectivity index (χ0v) is 12.9. The average Bonchev–Trinajstić information content (AvgIpc) is 2.34. The van der Waals surface area contributed by atoms with Crippen LogP contribution in [0.1, 0.15) is 58.3 Å². The highest BCUT2D eigenvalue weighted by atomic mass is 32.1. The molecule has 0 aliphatic rings. The molecule has 6 heteroatoms. The molecule has 0 unspecified atom stereocenters. The Morgan fingerprint density at radius 2 is 1.44 bits per heavy atom. The maximum Gasteiger partial charge on any atom is 0.185 e. The van der Waals surface area contributed by atoms with Crippen molar-refractivity contribution in [3.05, 3.63) is 0 Å². The van der Waals surface area contributed by atoms with Crippen LogP contribution in [0.4, 0.5) is 0 Å². The molecule has 5 N–H and O–H groups in total. The normalized spacial score (nSPS) is 9.83. The highest BCUT2D eigenvalue weighted by Crippen LogP contribution is 2.07. The molecule has 0 bridgehead atoms. The Bertz CT molecular complexity index is 234. The largest absolute Gasteiger partial charge is 0.375 e. The SMILES string of the molecule is CCCCCCCCCCNC(=S)NNC(N)=S. The Hall–Kier alpha value is -0.620. The van der Waals surface area contributed by atoms with E-state index in [1.54, 1.807) is 0 Å². The molecule has 0 atom stereocenters. The zero-order valence-electron chi connectivity index (χ0n) is 11.3. The molecule has 0 saturated heterocycles. The predicted octanol–water partition coefficient (Wildman–Crippen LogP) is 2.34. The Balaban J connectivity index is 3.15. The van der Waals surface area contributed by atoms with Gasteiger partial charge in [-0.2, -0.15) is 0 Å². The van der Waals surface area contributed by atoms with Gasteiger partial charge in [-0.25, -0.2) is 0 Å². The number of thiocarbonyl (C=S) groups is 2. The summed E-state index contributed by atoms with van der Waals surface area (Å²) in [6.45, 7) is 3.13. The first kappa shape index (κ1) is 17.4. The molecule has 0 aliphatic heterocycles. The van der Waals surface area contributed by atoms with Crippen molar-refractivity contribution in [2.75, 3.05) is 6.54 Å². The fraction of sp³-hybridized carbons (Fsp3) is 0.833. The molecule has 0 heterocycles. The number of nitrogens with one attached hydrogen (secondary N) is 3. The minimum Gasteiger partial charge on any atom is -0.375 e. The number of hydrogen-bond donors (Lipinski definition) is 4. The lowest BCUT2D eigenvalue weighted by Gasteiger charge is -2.10. The van der Waals surface area contributed by atoms with Crippen molar-refractivity contribution in [2.24, 2.45) is 5.73 Å². The standard InChI is InChI=1S/C12H26N4S2/c1-2-3-4-5-6-7-8-9-10-14-12(18)16-15-11(13)17/h2-10H2,1H3,(H3,13,15,17)(H2,14,16,18). The average molecular weight is 291 g/mol. The summed E-state index contributed by atoms with van der Waals surface area (Å²) in [6, 6.07) is 0. The van der Waals surface area contributed by atoms with Gasteiger partial charge >= 0.3 is 0 Å². The molecule has 4 nitrogen and oxygen atoms in total. The third-order valence-electron chi connectivity index (χ3n) is 2.62. The molecule has 0 fully saturated rings. The summed E-state index contributed by atoms with van der Waals surface area (Å²) in [5.41, 5.74) is 10.5. The van der Waals surface area contributed by atoms with Crippen LogP contribution in [0.3, 0.4) is 0 Å². The molecule has 0 aromatic heterocycles. The van der Waals surface area contributed by atoms with Gasteiger partial charge in [-0.3, -0.25) is 10.9 Å². The van der Waals surface area contributed by atoms with Gasteiger partial charge in [0.2, 0.25) is 0 Å². The number of rotatable bonds is 9. The van der Waals surface area contributed by atoms with Crippen molar-refractivity contribution in [2.45, 2.75) is 58.3 Å².